The summed E-state index contributed by atoms with van der Waals surface area (Å²) in [5, 5.41) is 0. The van der Waals surface area contributed by atoms with E-state index in [1.165, 1.54) is 11.1 Å². The molecule has 0 aliphatic heterocycles. The Hall–Kier alpha value is -1.35. The summed E-state index contributed by atoms with van der Waals surface area (Å²) in [4.78, 5) is 6.64. The molecular weight excluding hydrogens is 300 g/mol. The number of aromatic nitrogens is 1. The Morgan fingerprint density at radius 2 is 1.79 bits per heavy atom. The highest BCUT2D eigenvalue weighted by Gasteiger charge is 2.08. The fraction of sp³-hybridized carbons (Fsp3) is 0.312. The number of rotatable bonds is 4. The lowest BCUT2D eigenvalue weighted by Crippen LogP contribution is -2.18. The predicted octanol–water partition coefficient (Wildman–Crippen LogP) is 4.35. The van der Waals surface area contributed by atoms with E-state index in [0.29, 0.717) is 0 Å². The van der Waals surface area contributed by atoms with Crippen molar-refractivity contribution in [1.82, 2.24) is 4.98 Å². The van der Waals surface area contributed by atoms with Crippen molar-refractivity contribution in [2.24, 2.45) is 0 Å². The summed E-state index contributed by atoms with van der Waals surface area (Å²) in [5.74, 6) is 0.977. The molecule has 0 unspecified atom stereocenters. The second-order valence-corrected chi connectivity index (χ2v) is 5.70. The molecule has 19 heavy (non-hydrogen) atoms. The first-order chi connectivity index (χ1) is 9.10. The number of pyridine rings is 1. The molecule has 2 nitrogen and oxygen atoms in total. The quantitative estimate of drug-likeness (QED) is 0.833. The SMILES string of the molecule is CCc1ccc(CN(C)c2ncc(C)cc2Br)cc1. The van der Waals surface area contributed by atoms with Gasteiger partial charge >= 0.3 is 0 Å². The van der Waals surface area contributed by atoms with Crippen molar-refractivity contribution in [1.29, 1.82) is 0 Å². The number of anilines is 1. The normalized spacial score (nSPS) is 10.5. The van der Waals surface area contributed by atoms with E-state index in [4.69, 9.17) is 0 Å². The summed E-state index contributed by atoms with van der Waals surface area (Å²) in [6.45, 7) is 5.08. The summed E-state index contributed by atoms with van der Waals surface area (Å²) in [5.41, 5.74) is 3.84. The van der Waals surface area contributed by atoms with Gasteiger partial charge in [-0.3, -0.25) is 0 Å². The fourth-order valence-electron chi connectivity index (χ4n) is 2.04. The molecule has 2 rings (SSSR count). The summed E-state index contributed by atoms with van der Waals surface area (Å²) >= 11 is 3.58. The molecule has 0 fully saturated rings. The molecule has 1 heterocycles. The molecule has 0 bridgehead atoms. The van der Waals surface area contributed by atoms with Gasteiger partial charge in [-0.2, -0.15) is 0 Å². The van der Waals surface area contributed by atoms with Crippen molar-refractivity contribution < 1.29 is 0 Å². The third kappa shape index (κ3) is 3.57. The maximum Gasteiger partial charge on any atom is 0.142 e. The number of benzene rings is 1. The van der Waals surface area contributed by atoms with Crippen molar-refractivity contribution in [2.75, 3.05) is 11.9 Å². The van der Waals surface area contributed by atoms with Crippen molar-refractivity contribution in [3.63, 3.8) is 0 Å². The highest BCUT2D eigenvalue weighted by atomic mass is 79.9. The Balaban J connectivity index is 2.13. The van der Waals surface area contributed by atoms with Gasteiger partial charge in [0, 0.05) is 19.8 Å². The molecule has 0 saturated carbocycles. The maximum atomic E-state index is 4.49. The van der Waals surface area contributed by atoms with Crippen LogP contribution in [-0.2, 0) is 13.0 Å². The van der Waals surface area contributed by atoms with Crippen LogP contribution in [0.2, 0.25) is 0 Å². The molecule has 3 heteroatoms. The first kappa shape index (κ1) is 14.1. The minimum absolute atomic E-state index is 0.860. The lowest BCUT2D eigenvalue weighted by atomic mass is 10.1. The highest BCUT2D eigenvalue weighted by molar-refractivity contribution is 9.10. The van der Waals surface area contributed by atoms with E-state index < -0.39 is 0 Å². The minimum Gasteiger partial charge on any atom is -0.354 e. The number of hydrogen-bond acceptors (Lipinski definition) is 2. The van der Waals surface area contributed by atoms with Gasteiger partial charge in [-0.25, -0.2) is 4.98 Å². The Labute approximate surface area is 123 Å². The Morgan fingerprint density at radius 3 is 2.37 bits per heavy atom. The molecule has 0 aliphatic carbocycles. The smallest absolute Gasteiger partial charge is 0.142 e. The zero-order valence-electron chi connectivity index (χ0n) is 11.7. The van der Waals surface area contributed by atoms with Crippen LogP contribution in [0.3, 0.4) is 0 Å². The van der Waals surface area contributed by atoms with Gasteiger partial charge in [-0.15, -0.1) is 0 Å². The summed E-state index contributed by atoms with van der Waals surface area (Å²) in [6, 6.07) is 10.9. The van der Waals surface area contributed by atoms with E-state index in [0.717, 1.165) is 28.8 Å². The van der Waals surface area contributed by atoms with Gasteiger partial charge in [0.1, 0.15) is 5.82 Å². The van der Waals surface area contributed by atoms with Crippen LogP contribution in [0.15, 0.2) is 41.0 Å². The molecule has 1 aromatic carbocycles. The largest absolute Gasteiger partial charge is 0.354 e. The molecule has 100 valence electrons. The predicted molar refractivity (Wildman–Crippen MR) is 84.6 cm³/mol. The molecule has 0 spiro atoms. The summed E-state index contributed by atoms with van der Waals surface area (Å²) < 4.78 is 1.04. The lowest BCUT2D eigenvalue weighted by molar-refractivity contribution is 0.891. The molecule has 2 aromatic rings. The third-order valence-electron chi connectivity index (χ3n) is 3.17. The molecule has 0 saturated heterocycles. The number of aryl methyl sites for hydroxylation is 2. The standard InChI is InChI=1S/C16H19BrN2/c1-4-13-5-7-14(8-6-13)11-19(3)16-15(17)9-12(2)10-18-16/h5-10H,4,11H2,1-3H3. The van der Waals surface area contributed by atoms with E-state index in [2.05, 4.69) is 70.1 Å². The van der Waals surface area contributed by atoms with E-state index >= 15 is 0 Å². The number of halogens is 1. The third-order valence-corrected chi connectivity index (χ3v) is 3.75. The van der Waals surface area contributed by atoms with Crippen molar-refractivity contribution in [3.8, 4) is 0 Å². The van der Waals surface area contributed by atoms with Crippen molar-refractivity contribution >= 4 is 21.7 Å². The average molecular weight is 319 g/mol. The Kier molecular flexibility index (Phi) is 4.59. The summed E-state index contributed by atoms with van der Waals surface area (Å²) in [6.07, 6.45) is 2.98. The first-order valence-electron chi connectivity index (χ1n) is 6.51. The van der Waals surface area contributed by atoms with Gasteiger partial charge in [0.25, 0.3) is 0 Å². The molecule has 0 atom stereocenters. The molecule has 0 aliphatic rings. The van der Waals surface area contributed by atoms with Crippen LogP contribution >= 0.6 is 15.9 Å². The molecule has 1 aromatic heterocycles. The highest BCUT2D eigenvalue weighted by Crippen LogP contribution is 2.24. The van der Waals surface area contributed by atoms with Crippen LogP contribution in [-0.4, -0.2) is 12.0 Å². The summed E-state index contributed by atoms with van der Waals surface area (Å²) in [7, 11) is 2.07. The van der Waals surface area contributed by atoms with Crippen LogP contribution in [0.4, 0.5) is 5.82 Å². The van der Waals surface area contributed by atoms with Crippen LogP contribution < -0.4 is 4.90 Å². The topological polar surface area (TPSA) is 16.1 Å². The Bertz CT molecular complexity index is 549. The van der Waals surface area contributed by atoms with Gasteiger partial charge in [-0.1, -0.05) is 31.2 Å². The monoisotopic (exact) mass is 318 g/mol. The van der Waals surface area contributed by atoms with Crippen molar-refractivity contribution in [3.05, 3.63) is 57.7 Å². The molecule has 0 radical (unpaired) electrons. The zero-order valence-corrected chi connectivity index (χ0v) is 13.2. The van der Waals surface area contributed by atoms with E-state index in [9.17, 15) is 0 Å². The van der Waals surface area contributed by atoms with Crippen LogP contribution in [0, 0.1) is 6.92 Å². The molecule has 0 N–H and O–H groups in total. The lowest BCUT2D eigenvalue weighted by Gasteiger charge is -2.20. The van der Waals surface area contributed by atoms with E-state index in [1.54, 1.807) is 0 Å². The molecular formula is C16H19BrN2. The molecule has 0 amide bonds. The number of hydrogen-bond donors (Lipinski definition) is 0. The van der Waals surface area contributed by atoms with Gasteiger partial charge in [0.2, 0.25) is 0 Å². The van der Waals surface area contributed by atoms with Gasteiger partial charge in [0.05, 0.1) is 4.47 Å². The van der Waals surface area contributed by atoms with Gasteiger partial charge in [-0.05, 0) is 52.0 Å². The van der Waals surface area contributed by atoms with Crippen molar-refractivity contribution in [2.45, 2.75) is 26.8 Å². The van der Waals surface area contributed by atoms with E-state index in [1.807, 2.05) is 13.1 Å². The second-order valence-electron chi connectivity index (χ2n) is 4.84. The van der Waals surface area contributed by atoms with Gasteiger partial charge < -0.3 is 4.90 Å². The Morgan fingerprint density at radius 1 is 1.16 bits per heavy atom. The average Bonchev–Trinajstić information content (AvgIpc) is 2.39. The van der Waals surface area contributed by atoms with Crippen LogP contribution in [0.1, 0.15) is 23.6 Å². The second kappa shape index (κ2) is 6.20. The fourth-order valence-corrected chi connectivity index (χ4v) is 2.80. The first-order valence-corrected chi connectivity index (χ1v) is 7.30. The minimum atomic E-state index is 0.860. The zero-order chi connectivity index (χ0) is 13.8. The van der Waals surface area contributed by atoms with Crippen LogP contribution in [0.25, 0.3) is 0 Å². The van der Waals surface area contributed by atoms with Gasteiger partial charge in [0.15, 0.2) is 0 Å². The maximum absolute atomic E-state index is 4.49. The van der Waals surface area contributed by atoms with Crippen LogP contribution in [0.5, 0.6) is 0 Å². The van der Waals surface area contributed by atoms with E-state index in [-0.39, 0.29) is 0 Å². The number of nitrogens with zero attached hydrogens (tertiary/aromatic N) is 2.